The van der Waals surface area contributed by atoms with Crippen LogP contribution in [0, 0.1) is 0 Å². The molecule has 0 fully saturated rings. The van der Waals surface area contributed by atoms with Gasteiger partial charge in [-0.15, -0.1) is 23.1 Å². The van der Waals surface area contributed by atoms with E-state index in [1.807, 2.05) is 18.4 Å². The third kappa shape index (κ3) is 4.84. The molecule has 0 aliphatic carbocycles. The minimum absolute atomic E-state index is 0.323. The predicted octanol–water partition coefficient (Wildman–Crippen LogP) is 4.79. The first-order valence-corrected chi connectivity index (χ1v) is 9.68. The Morgan fingerprint density at radius 2 is 1.95 bits per heavy atom. The summed E-state index contributed by atoms with van der Waals surface area (Å²) in [5.41, 5.74) is 0.667. The quantitative estimate of drug-likeness (QED) is 0.510. The summed E-state index contributed by atoms with van der Waals surface area (Å²) in [6, 6.07) is 9.08. The van der Waals surface area contributed by atoms with Crippen molar-refractivity contribution in [2.24, 2.45) is 0 Å². The zero-order valence-corrected chi connectivity index (χ0v) is 16.2. The van der Waals surface area contributed by atoms with Crippen LogP contribution in [0.4, 0.5) is 5.69 Å². The Bertz CT molecular complexity index is 666. The maximum atomic E-state index is 11.8. The molecule has 0 bridgehead atoms. The molecular weight excluding hydrogens is 454 g/mol. The van der Waals surface area contributed by atoms with E-state index in [0.29, 0.717) is 10.6 Å². The Balaban J connectivity index is 1.85. The molecule has 0 aliphatic rings. The molecule has 1 amide bonds. The smallest absolute Gasteiger partial charge is 0.348 e. The second kappa shape index (κ2) is 8.14. The molecule has 0 radical (unpaired) electrons. The van der Waals surface area contributed by atoms with Gasteiger partial charge in [-0.05, 0) is 68.4 Å². The number of nitrogens with one attached hydrogen (secondary N) is 1. The van der Waals surface area contributed by atoms with E-state index in [1.165, 1.54) is 11.3 Å². The maximum Gasteiger partial charge on any atom is 0.348 e. The van der Waals surface area contributed by atoms with Crippen LogP contribution in [-0.2, 0) is 9.53 Å². The van der Waals surface area contributed by atoms with Gasteiger partial charge in [-0.2, -0.15) is 0 Å². The number of anilines is 1. The van der Waals surface area contributed by atoms with E-state index in [0.717, 1.165) is 13.2 Å². The van der Waals surface area contributed by atoms with Gasteiger partial charge in [0.2, 0.25) is 0 Å². The topological polar surface area (TPSA) is 55.4 Å². The molecule has 2 aromatic rings. The van der Waals surface area contributed by atoms with E-state index in [-0.39, 0.29) is 12.5 Å². The second-order valence-electron chi connectivity index (χ2n) is 4.09. The van der Waals surface area contributed by atoms with Crippen molar-refractivity contribution in [3.05, 3.63) is 43.5 Å². The summed E-state index contributed by atoms with van der Waals surface area (Å²) in [5, 5.41) is 2.68. The summed E-state index contributed by atoms with van der Waals surface area (Å²) in [6.45, 7) is -0.323. The molecule has 8 heteroatoms. The zero-order valence-electron chi connectivity index (χ0n) is 11.4. The summed E-state index contributed by atoms with van der Waals surface area (Å²) in [4.78, 5) is 25.1. The van der Waals surface area contributed by atoms with Gasteiger partial charge < -0.3 is 10.1 Å². The van der Waals surface area contributed by atoms with Crippen LogP contribution in [0.25, 0.3) is 0 Å². The number of benzene rings is 1. The number of rotatable bonds is 5. The fraction of sp³-hybridized carbons (Fsp3) is 0.143. The SMILES string of the molecule is CSc1ccc(NC(=O)COC(=O)c2cc(Br)c(Br)s2)cc1. The van der Waals surface area contributed by atoms with Gasteiger partial charge in [-0.25, -0.2) is 4.79 Å². The number of esters is 1. The van der Waals surface area contributed by atoms with E-state index in [4.69, 9.17) is 4.74 Å². The molecule has 22 heavy (non-hydrogen) atoms. The fourth-order valence-electron chi connectivity index (χ4n) is 1.52. The number of ether oxygens (including phenoxy) is 1. The number of carbonyl (C=O) groups excluding carboxylic acids is 2. The molecule has 4 nitrogen and oxygen atoms in total. The highest BCUT2D eigenvalue weighted by atomic mass is 79.9. The van der Waals surface area contributed by atoms with Crippen LogP contribution in [0.3, 0.4) is 0 Å². The molecule has 1 heterocycles. The maximum absolute atomic E-state index is 11.8. The average Bonchev–Trinajstić information content (AvgIpc) is 2.85. The molecule has 0 atom stereocenters. The minimum Gasteiger partial charge on any atom is -0.451 e. The van der Waals surface area contributed by atoms with Gasteiger partial charge >= 0.3 is 5.97 Å². The van der Waals surface area contributed by atoms with Gasteiger partial charge in [-0.3, -0.25) is 4.79 Å². The van der Waals surface area contributed by atoms with Gasteiger partial charge in [0.25, 0.3) is 5.91 Å². The number of thioether (sulfide) groups is 1. The lowest BCUT2D eigenvalue weighted by Gasteiger charge is -2.06. The summed E-state index contributed by atoms with van der Waals surface area (Å²) in [6.07, 6.45) is 1.98. The van der Waals surface area contributed by atoms with Crippen molar-refractivity contribution >= 4 is 72.5 Å². The van der Waals surface area contributed by atoms with E-state index in [9.17, 15) is 9.59 Å². The molecular formula is C14H11Br2NO3S2. The Hall–Kier alpha value is -0.830. The summed E-state index contributed by atoms with van der Waals surface area (Å²) < 4.78 is 6.57. The van der Waals surface area contributed by atoms with Crippen molar-refractivity contribution in [1.82, 2.24) is 0 Å². The molecule has 116 valence electrons. The number of carbonyl (C=O) groups is 2. The standard InChI is InChI=1S/C14H11Br2NO3S2/c1-21-9-4-2-8(3-5-9)17-12(18)7-20-14(19)11-6-10(15)13(16)22-11/h2-6H,7H2,1H3,(H,17,18). The molecule has 0 saturated carbocycles. The lowest BCUT2D eigenvalue weighted by atomic mass is 10.3. The van der Waals surface area contributed by atoms with Crippen LogP contribution in [-0.4, -0.2) is 24.7 Å². The molecule has 0 spiro atoms. The third-order valence-electron chi connectivity index (χ3n) is 2.55. The summed E-state index contributed by atoms with van der Waals surface area (Å²) >= 11 is 9.46. The van der Waals surface area contributed by atoms with Gasteiger partial charge in [0, 0.05) is 15.1 Å². The number of thiophene rings is 1. The first kappa shape index (κ1) is 17.5. The van der Waals surface area contributed by atoms with Crippen LogP contribution in [0.15, 0.2) is 43.5 Å². The van der Waals surface area contributed by atoms with Crippen molar-refractivity contribution in [2.75, 3.05) is 18.2 Å². The third-order valence-corrected chi connectivity index (χ3v) is 6.53. The largest absolute Gasteiger partial charge is 0.451 e. The summed E-state index contributed by atoms with van der Waals surface area (Å²) in [5.74, 6) is -0.899. The molecule has 1 aromatic carbocycles. The average molecular weight is 465 g/mol. The molecule has 1 aromatic heterocycles. The van der Waals surface area contributed by atoms with Crippen LogP contribution < -0.4 is 5.32 Å². The van der Waals surface area contributed by atoms with Crippen molar-refractivity contribution in [2.45, 2.75) is 4.90 Å². The highest BCUT2D eigenvalue weighted by molar-refractivity contribution is 9.13. The second-order valence-corrected chi connectivity index (χ2v) is 8.19. The van der Waals surface area contributed by atoms with Crippen molar-refractivity contribution in [1.29, 1.82) is 0 Å². The molecule has 0 unspecified atom stereocenters. The Morgan fingerprint density at radius 3 is 2.50 bits per heavy atom. The van der Waals surface area contributed by atoms with Gasteiger partial charge in [0.15, 0.2) is 6.61 Å². The number of hydrogen-bond acceptors (Lipinski definition) is 5. The van der Waals surface area contributed by atoms with Crippen LogP contribution >= 0.6 is 55.0 Å². The molecule has 0 saturated heterocycles. The van der Waals surface area contributed by atoms with Crippen LogP contribution in [0.5, 0.6) is 0 Å². The Morgan fingerprint density at radius 1 is 1.27 bits per heavy atom. The number of halogens is 2. The number of amides is 1. The van der Waals surface area contributed by atoms with E-state index in [1.54, 1.807) is 30.0 Å². The van der Waals surface area contributed by atoms with E-state index >= 15 is 0 Å². The Labute approximate surface area is 152 Å². The predicted molar refractivity (Wildman–Crippen MR) is 96.9 cm³/mol. The van der Waals surface area contributed by atoms with Crippen molar-refractivity contribution < 1.29 is 14.3 Å². The van der Waals surface area contributed by atoms with Crippen LogP contribution in [0.1, 0.15) is 9.67 Å². The highest BCUT2D eigenvalue weighted by Gasteiger charge is 2.15. The number of hydrogen-bond donors (Lipinski definition) is 1. The van der Waals surface area contributed by atoms with Gasteiger partial charge in [-0.1, -0.05) is 0 Å². The lowest BCUT2D eigenvalue weighted by Crippen LogP contribution is -2.20. The zero-order chi connectivity index (χ0) is 16.1. The first-order chi connectivity index (χ1) is 10.5. The molecule has 1 N–H and O–H groups in total. The van der Waals surface area contributed by atoms with Gasteiger partial charge in [0.1, 0.15) is 4.88 Å². The van der Waals surface area contributed by atoms with Crippen LogP contribution in [0.2, 0.25) is 0 Å². The normalized spacial score (nSPS) is 10.3. The first-order valence-electron chi connectivity index (χ1n) is 6.05. The van der Waals surface area contributed by atoms with E-state index < -0.39 is 5.97 Å². The molecule has 2 rings (SSSR count). The van der Waals surface area contributed by atoms with E-state index in [2.05, 4.69) is 37.2 Å². The fourth-order valence-corrected chi connectivity index (χ4v) is 3.86. The summed E-state index contributed by atoms with van der Waals surface area (Å²) in [7, 11) is 0. The molecule has 0 aliphatic heterocycles. The van der Waals surface area contributed by atoms with Crippen molar-refractivity contribution in [3.8, 4) is 0 Å². The monoisotopic (exact) mass is 463 g/mol. The minimum atomic E-state index is -0.524. The van der Waals surface area contributed by atoms with Gasteiger partial charge in [0.05, 0.1) is 3.79 Å². The lowest BCUT2D eigenvalue weighted by molar-refractivity contribution is -0.119. The Kier molecular flexibility index (Phi) is 6.49. The highest BCUT2D eigenvalue weighted by Crippen LogP contribution is 2.32. The van der Waals surface area contributed by atoms with Crippen molar-refractivity contribution in [3.63, 3.8) is 0 Å².